The van der Waals surface area contributed by atoms with Gasteiger partial charge in [0.25, 0.3) is 5.91 Å². The summed E-state index contributed by atoms with van der Waals surface area (Å²) in [5.74, 6) is -0.355. The average molecular weight is 382 g/mol. The third kappa shape index (κ3) is 2.99. The Balaban J connectivity index is 1.53. The van der Waals surface area contributed by atoms with Gasteiger partial charge in [0.2, 0.25) is 5.78 Å². The first-order valence-corrected chi connectivity index (χ1v) is 9.48. The Morgan fingerprint density at radius 3 is 2.48 bits per heavy atom. The Hall–Kier alpha value is -3.80. The number of amides is 1. The minimum Gasteiger partial charge on any atom is -0.341 e. The molecule has 29 heavy (non-hydrogen) atoms. The molecule has 4 aromatic rings. The van der Waals surface area contributed by atoms with E-state index in [0.717, 1.165) is 18.4 Å². The maximum atomic E-state index is 13.1. The van der Waals surface area contributed by atoms with Gasteiger partial charge in [-0.25, -0.2) is 4.98 Å². The number of hydrogen-bond acceptors (Lipinski definition) is 4. The molecule has 0 aliphatic heterocycles. The number of rotatable bonds is 5. The van der Waals surface area contributed by atoms with E-state index in [0.29, 0.717) is 11.1 Å². The number of ketones is 1. The van der Waals surface area contributed by atoms with Gasteiger partial charge in [-0.15, -0.1) is 0 Å². The molecule has 5 rings (SSSR count). The monoisotopic (exact) mass is 382 g/mol. The molecule has 1 saturated carbocycles. The summed E-state index contributed by atoms with van der Waals surface area (Å²) in [6, 6.07) is 18.8. The summed E-state index contributed by atoms with van der Waals surface area (Å²) in [5.41, 5.74) is 2.01. The lowest BCUT2D eigenvalue weighted by Crippen LogP contribution is -2.35. The molecule has 1 N–H and O–H groups in total. The van der Waals surface area contributed by atoms with E-state index < -0.39 is 0 Å². The highest BCUT2D eigenvalue weighted by Crippen LogP contribution is 2.45. The highest BCUT2D eigenvalue weighted by Gasteiger charge is 2.46. The van der Waals surface area contributed by atoms with Crippen molar-refractivity contribution in [3.05, 3.63) is 102 Å². The van der Waals surface area contributed by atoms with Crippen LogP contribution in [0.5, 0.6) is 0 Å². The first-order chi connectivity index (χ1) is 14.2. The van der Waals surface area contributed by atoms with Gasteiger partial charge in [-0.1, -0.05) is 36.4 Å². The number of carbonyl (C=O) groups excluding carboxylic acids is 2. The quantitative estimate of drug-likeness (QED) is 0.537. The zero-order valence-electron chi connectivity index (χ0n) is 15.6. The second-order valence-corrected chi connectivity index (χ2v) is 7.21. The molecule has 0 unspecified atom stereocenters. The van der Waals surface area contributed by atoms with Crippen LogP contribution >= 0.6 is 0 Å². The fraction of sp³-hybridized carbons (Fsp3) is 0.130. The number of nitrogens with zero attached hydrogens (tertiary/aromatic N) is 3. The number of fused-ring (bicyclic) bond motifs is 1. The lowest BCUT2D eigenvalue weighted by atomic mass is 10.0. The van der Waals surface area contributed by atoms with E-state index in [9.17, 15) is 9.59 Å². The lowest BCUT2D eigenvalue weighted by molar-refractivity contribution is 0.0928. The molecule has 0 atom stereocenters. The zero-order chi connectivity index (χ0) is 19.8. The summed E-state index contributed by atoms with van der Waals surface area (Å²) in [6.45, 7) is 0. The van der Waals surface area contributed by atoms with Crippen molar-refractivity contribution in [3.8, 4) is 0 Å². The molecular weight excluding hydrogens is 364 g/mol. The smallest absolute Gasteiger partial charge is 0.272 e. The van der Waals surface area contributed by atoms with Gasteiger partial charge < -0.3 is 5.32 Å². The van der Waals surface area contributed by atoms with Crippen LogP contribution in [0, 0.1) is 0 Å². The van der Waals surface area contributed by atoms with Crippen molar-refractivity contribution in [2.45, 2.75) is 18.4 Å². The predicted molar refractivity (Wildman–Crippen MR) is 108 cm³/mol. The van der Waals surface area contributed by atoms with Crippen molar-refractivity contribution in [1.82, 2.24) is 19.7 Å². The minimum atomic E-state index is -0.351. The van der Waals surface area contributed by atoms with Gasteiger partial charge in [0, 0.05) is 24.2 Å². The van der Waals surface area contributed by atoms with Crippen molar-refractivity contribution in [1.29, 1.82) is 0 Å². The molecule has 1 aliphatic rings. The molecule has 1 aromatic carbocycles. The maximum absolute atomic E-state index is 13.1. The fourth-order valence-electron chi connectivity index (χ4n) is 3.64. The molecule has 3 heterocycles. The first-order valence-electron chi connectivity index (χ1n) is 9.48. The van der Waals surface area contributed by atoms with Gasteiger partial charge in [-0.05, 0) is 42.7 Å². The summed E-state index contributed by atoms with van der Waals surface area (Å²) in [7, 11) is 0. The molecular formula is C23H18N4O2. The van der Waals surface area contributed by atoms with Crippen LogP contribution in [0.3, 0.4) is 0 Å². The van der Waals surface area contributed by atoms with Crippen LogP contribution in [0.15, 0.2) is 79.3 Å². The molecule has 0 spiro atoms. The number of imidazole rings is 1. The van der Waals surface area contributed by atoms with Gasteiger partial charge in [-0.2, -0.15) is 0 Å². The molecule has 0 saturated heterocycles. The molecule has 0 radical (unpaired) electrons. The van der Waals surface area contributed by atoms with E-state index in [-0.39, 0.29) is 28.7 Å². The number of hydrogen-bond donors (Lipinski definition) is 1. The molecule has 1 fully saturated rings. The SMILES string of the molecule is O=C(NC1(c2ccccc2)CC1)c1nc(C(=O)c2cccnc2)n2ccccc12. The molecule has 142 valence electrons. The minimum absolute atomic E-state index is 0.198. The van der Waals surface area contributed by atoms with E-state index in [2.05, 4.69) is 15.3 Å². The zero-order valence-corrected chi connectivity index (χ0v) is 15.6. The summed E-state index contributed by atoms with van der Waals surface area (Å²) in [4.78, 5) is 34.6. The largest absolute Gasteiger partial charge is 0.341 e. The van der Waals surface area contributed by atoms with Crippen LogP contribution in [0.4, 0.5) is 0 Å². The standard InChI is InChI=1S/C23H18N4O2/c28-20(16-7-6-13-24-15-16)21-25-19(18-10-4-5-14-27(18)21)22(29)26-23(11-12-23)17-8-2-1-3-9-17/h1-10,13-15H,11-12H2,(H,26,29). The second-order valence-electron chi connectivity index (χ2n) is 7.21. The van der Waals surface area contributed by atoms with E-state index in [1.54, 1.807) is 35.0 Å². The second kappa shape index (κ2) is 6.67. The van der Waals surface area contributed by atoms with E-state index in [4.69, 9.17) is 0 Å². The molecule has 6 heteroatoms. The summed E-state index contributed by atoms with van der Waals surface area (Å²) < 4.78 is 1.66. The topological polar surface area (TPSA) is 76.4 Å². The van der Waals surface area contributed by atoms with Gasteiger partial charge >= 0.3 is 0 Å². The van der Waals surface area contributed by atoms with E-state index in [1.807, 2.05) is 42.5 Å². The number of pyridine rings is 2. The molecule has 1 amide bonds. The normalized spacial score (nSPS) is 14.5. The van der Waals surface area contributed by atoms with Crippen LogP contribution < -0.4 is 5.32 Å². The fourth-order valence-corrected chi connectivity index (χ4v) is 3.64. The summed E-state index contributed by atoms with van der Waals surface area (Å²) >= 11 is 0. The molecule has 6 nitrogen and oxygen atoms in total. The Morgan fingerprint density at radius 2 is 1.76 bits per heavy atom. The highest BCUT2D eigenvalue weighted by atomic mass is 16.2. The van der Waals surface area contributed by atoms with Crippen molar-refractivity contribution in [2.75, 3.05) is 0 Å². The van der Waals surface area contributed by atoms with Crippen LogP contribution in [0.2, 0.25) is 0 Å². The Bertz CT molecular complexity index is 1210. The van der Waals surface area contributed by atoms with Gasteiger partial charge in [0.15, 0.2) is 11.5 Å². The van der Waals surface area contributed by atoms with Crippen molar-refractivity contribution in [3.63, 3.8) is 0 Å². The van der Waals surface area contributed by atoms with Crippen molar-refractivity contribution < 1.29 is 9.59 Å². The van der Waals surface area contributed by atoms with Crippen molar-refractivity contribution >= 4 is 17.2 Å². The number of nitrogens with one attached hydrogen (secondary N) is 1. The predicted octanol–water partition coefficient (Wildman–Crippen LogP) is 3.38. The van der Waals surface area contributed by atoms with Crippen LogP contribution in [-0.2, 0) is 5.54 Å². The number of carbonyl (C=O) groups is 2. The Morgan fingerprint density at radius 1 is 0.966 bits per heavy atom. The van der Waals surface area contributed by atoms with Crippen LogP contribution in [-0.4, -0.2) is 26.1 Å². The van der Waals surface area contributed by atoms with Gasteiger partial charge in [0.1, 0.15) is 0 Å². The number of aromatic nitrogens is 3. The average Bonchev–Trinajstić information content (AvgIpc) is 3.46. The summed E-state index contributed by atoms with van der Waals surface area (Å²) in [6.07, 6.45) is 6.62. The number of benzene rings is 1. The van der Waals surface area contributed by atoms with Crippen molar-refractivity contribution in [2.24, 2.45) is 0 Å². The van der Waals surface area contributed by atoms with E-state index >= 15 is 0 Å². The third-order valence-electron chi connectivity index (χ3n) is 5.32. The van der Waals surface area contributed by atoms with Gasteiger partial charge in [-0.3, -0.25) is 19.0 Å². The molecule has 3 aromatic heterocycles. The third-order valence-corrected chi connectivity index (χ3v) is 5.32. The maximum Gasteiger partial charge on any atom is 0.272 e. The first kappa shape index (κ1) is 17.3. The molecule has 0 bridgehead atoms. The van der Waals surface area contributed by atoms with E-state index in [1.165, 1.54) is 6.20 Å². The highest BCUT2D eigenvalue weighted by molar-refractivity contribution is 6.09. The Labute approximate surface area is 167 Å². The summed E-state index contributed by atoms with van der Waals surface area (Å²) in [5, 5.41) is 3.15. The van der Waals surface area contributed by atoms with Crippen LogP contribution in [0.25, 0.3) is 5.52 Å². The van der Waals surface area contributed by atoms with Crippen LogP contribution in [0.1, 0.15) is 45.1 Å². The molecule has 1 aliphatic carbocycles. The Kier molecular flexibility index (Phi) is 3.98. The van der Waals surface area contributed by atoms with Gasteiger partial charge in [0.05, 0.1) is 11.1 Å². The lowest BCUT2D eigenvalue weighted by Gasteiger charge is -2.17.